The number of ether oxygens (including phenoxy) is 1. The summed E-state index contributed by atoms with van der Waals surface area (Å²) in [4.78, 5) is 34.4. The van der Waals surface area contributed by atoms with Crippen molar-refractivity contribution in [3.8, 4) is 5.75 Å². The van der Waals surface area contributed by atoms with Crippen molar-refractivity contribution in [2.75, 3.05) is 0 Å². The lowest BCUT2D eigenvalue weighted by molar-refractivity contribution is -0.384. The molecule has 0 heterocycles. The van der Waals surface area contributed by atoms with Crippen LogP contribution in [0.5, 0.6) is 5.75 Å². The van der Waals surface area contributed by atoms with Gasteiger partial charge in [-0.15, -0.1) is 0 Å². The van der Waals surface area contributed by atoms with Crippen molar-refractivity contribution >= 4 is 34.8 Å². The van der Waals surface area contributed by atoms with Gasteiger partial charge in [-0.3, -0.25) is 35.9 Å². The molecule has 2 amide bonds. The number of hydrogen-bond donors (Lipinski definition) is 3. The van der Waals surface area contributed by atoms with Crippen molar-refractivity contribution in [2.45, 2.75) is 20.0 Å². The van der Waals surface area contributed by atoms with Gasteiger partial charge in [0.05, 0.1) is 11.0 Å². The zero-order chi connectivity index (χ0) is 20.7. The third-order valence-electron chi connectivity index (χ3n) is 3.30. The van der Waals surface area contributed by atoms with Crippen molar-refractivity contribution < 1.29 is 19.2 Å². The van der Waals surface area contributed by atoms with Crippen molar-refractivity contribution in [1.29, 1.82) is 0 Å². The normalized spacial score (nSPS) is 10.1. The summed E-state index contributed by atoms with van der Waals surface area (Å²) in [7, 11) is 0. The van der Waals surface area contributed by atoms with Gasteiger partial charge in [-0.1, -0.05) is 12.1 Å². The number of hydrogen-bond acceptors (Lipinski definition) is 6. The van der Waals surface area contributed by atoms with Crippen LogP contribution in [-0.4, -0.2) is 28.0 Å². The zero-order valence-electron chi connectivity index (χ0n) is 15.1. The van der Waals surface area contributed by atoms with Crippen LogP contribution in [0.25, 0.3) is 0 Å². The van der Waals surface area contributed by atoms with E-state index in [0.29, 0.717) is 11.3 Å². The number of thiocarbonyl (C=S) groups is 1. The summed E-state index contributed by atoms with van der Waals surface area (Å²) in [5.74, 6) is -0.593. The van der Waals surface area contributed by atoms with Crippen molar-refractivity contribution in [1.82, 2.24) is 16.2 Å². The Hall–Kier alpha value is -3.53. The smallest absolute Gasteiger partial charge is 0.270 e. The van der Waals surface area contributed by atoms with Gasteiger partial charge >= 0.3 is 0 Å². The second-order valence-electron chi connectivity index (χ2n) is 5.86. The minimum absolute atomic E-state index is 0.0370. The number of benzene rings is 2. The van der Waals surface area contributed by atoms with Gasteiger partial charge in [-0.2, -0.15) is 0 Å². The average Bonchev–Trinajstić information content (AvgIpc) is 2.65. The van der Waals surface area contributed by atoms with Gasteiger partial charge < -0.3 is 4.74 Å². The van der Waals surface area contributed by atoms with Gasteiger partial charge in [0.25, 0.3) is 17.5 Å². The number of non-ortho nitro benzene ring substituents is 1. The summed E-state index contributed by atoms with van der Waals surface area (Å²) >= 11 is 4.97. The lowest BCUT2D eigenvalue weighted by Gasteiger charge is -2.12. The van der Waals surface area contributed by atoms with E-state index in [4.69, 9.17) is 17.0 Å². The van der Waals surface area contributed by atoms with E-state index in [2.05, 4.69) is 16.2 Å². The molecule has 0 saturated heterocycles. The molecule has 0 aliphatic rings. The monoisotopic (exact) mass is 402 g/mol. The Bertz CT molecular complexity index is 916. The summed E-state index contributed by atoms with van der Waals surface area (Å²) in [6, 6.07) is 11.8. The summed E-state index contributed by atoms with van der Waals surface area (Å²) in [6.07, 6.45) is -0.0370. The SMILES string of the molecule is CC(C)Oc1cccc(C(=O)NC(=S)NNC(=O)c2cccc([N+](=O)[O-])c2)c1. The summed E-state index contributed by atoms with van der Waals surface area (Å²) in [6.45, 7) is 3.74. The molecule has 0 aliphatic carbocycles. The second kappa shape index (κ2) is 9.42. The molecule has 2 aromatic rings. The number of nitro benzene ring substituents is 1. The molecule has 0 radical (unpaired) electrons. The van der Waals surface area contributed by atoms with E-state index < -0.39 is 16.7 Å². The molecule has 0 saturated carbocycles. The number of amides is 2. The van der Waals surface area contributed by atoms with Crippen LogP contribution in [0, 0.1) is 10.1 Å². The highest BCUT2D eigenvalue weighted by Gasteiger charge is 2.13. The van der Waals surface area contributed by atoms with Gasteiger partial charge in [0.1, 0.15) is 5.75 Å². The fraction of sp³-hybridized carbons (Fsp3) is 0.167. The number of carbonyl (C=O) groups excluding carboxylic acids is 2. The summed E-state index contributed by atoms with van der Waals surface area (Å²) < 4.78 is 5.53. The minimum atomic E-state index is -0.646. The van der Waals surface area contributed by atoms with E-state index in [0.717, 1.165) is 6.07 Å². The number of carbonyl (C=O) groups is 2. The van der Waals surface area contributed by atoms with E-state index in [1.165, 1.54) is 18.2 Å². The average molecular weight is 402 g/mol. The maximum Gasteiger partial charge on any atom is 0.270 e. The molecule has 0 fully saturated rings. The van der Waals surface area contributed by atoms with E-state index in [1.54, 1.807) is 24.3 Å². The predicted octanol–water partition coefficient (Wildman–Crippen LogP) is 2.33. The number of rotatable bonds is 5. The maximum absolute atomic E-state index is 12.2. The maximum atomic E-state index is 12.2. The fourth-order valence-electron chi connectivity index (χ4n) is 2.14. The van der Waals surface area contributed by atoms with E-state index >= 15 is 0 Å². The molecule has 0 bridgehead atoms. The Balaban J connectivity index is 1.91. The molecule has 28 heavy (non-hydrogen) atoms. The van der Waals surface area contributed by atoms with Crippen LogP contribution in [0.15, 0.2) is 48.5 Å². The third-order valence-corrected chi connectivity index (χ3v) is 3.51. The predicted molar refractivity (Wildman–Crippen MR) is 106 cm³/mol. The lowest BCUT2D eigenvalue weighted by Crippen LogP contribution is -2.48. The number of nitrogens with zero attached hydrogens (tertiary/aromatic N) is 1. The molecular weight excluding hydrogens is 384 g/mol. The minimum Gasteiger partial charge on any atom is -0.491 e. The Morgan fingerprint density at radius 3 is 2.32 bits per heavy atom. The van der Waals surface area contributed by atoms with Gasteiger partial charge in [0.2, 0.25) is 0 Å². The third kappa shape index (κ3) is 6.02. The molecule has 2 aromatic carbocycles. The van der Waals surface area contributed by atoms with Crippen LogP contribution in [0.2, 0.25) is 0 Å². The van der Waals surface area contributed by atoms with Crippen LogP contribution >= 0.6 is 12.2 Å². The first kappa shape index (κ1) is 20.8. The number of nitrogens with one attached hydrogen (secondary N) is 3. The highest BCUT2D eigenvalue weighted by atomic mass is 32.1. The van der Waals surface area contributed by atoms with Crippen molar-refractivity contribution in [2.24, 2.45) is 0 Å². The molecule has 10 heteroatoms. The highest BCUT2D eigenvalue weighted by Crippen LogP contribution is 2.15. The van der Waals surface area contributed by atoms with Gasteiger partial charge in [0, 0.05) is 23.3 Å². The molecule has 3 N–H and O–H groups in total. The number of hydrazine groups is 1. The van der Waals surface area contributed by atoms with Crippen molar-refractivity contribution in [3.63, 3.8) is 0 Å². The Kier molecular flexibility index (Phi) is 6.99. The molecule has 0 aliphatic heterocycles. The molecule has 9 nitrogen and oxygen atoms in total. The molecule has 0 atom stereocenters. The van der Waals surface area contributed by atoms with Crippen LogP contribution in [0.1, 0.15) is 34.6 Å². The summed E-state index contributed by atoms with van der Waals surface area (Å²) in [5.41, 5.74) is 4.82. The van der Waals surface area contributed by atoms with E-state index in [-0.39, 0.29) is 22.5 Å². The largest absolute Gasteiger partial charge is 0.491 e. The second-order valence-corrected chi connectivity index (χ2v) is 6.27. The number of nitro groups is 1. The molecule has 146 valence electrons. The molecule has 0 unspecified atom stereocenters. The fourth-order valence-corrected chi connectivity index (χ4v) is 2.28. The highest BCUT2D eigenvalue weighted by molar-refractivity contribution is 7.80. The first-order valence-electron chi connectivity index (χ1n) is 8.19. The zero-order valence-corrected chi connectivity index (χ0v) is 15.9. The first-order valence-corrected chi connectivity index (χ1v) is 8.60. The first-order chi connectivity index (χ1) is 13.3. The Morgan fingerprint density at radius 1 is 1.04 bits per heavy atom. The van der Waals surface area contributed by atoms with Crippen LogP contribution in [0.4, 0.5) is 5.69 Å². The lowest BCUT2D eigenvalue weighted by atomic mass is 10.2. The van der Waals surface area contributed by atoms with Crippen molar-refractivity contribution in [3.05, 3.63) is 69.8 Å². The Labute approximate surface area is 166 Å². The quantitative estimate of drug-likeness (QED) is 0.398. The van der Waals surface area contributed by atoms with Crippen LogP contribution in [-0.2, 0) is 0 Å². The van der Waals surface area contributed by atoms with E-state index in [9.17, 15) is 19.7 Å². The van der Waals surface area contributed by atoms with Crippen LogP contribution in [0.3, 0.4) is 0 Å². The Morgan fingerprint density at radius 2 is 1.68 bits per heavy atom. The van der Waals surface area contributed by atoms with Gasteiger partial charge in [-0.25, -0.2) is 0 Å². The molecule has 2 rings (SSSR count). The van der Waals surface area contributed by atoms with Gasteiger partial charge in [-0.05, 0) is 50.3 Å². The molecular formula is C18H18N4O5S. The standard InChI is InChI=1S/C18H18N4O5S/c1-11(2)27-15-8-4-6-13(10-15)16(23)19-18(28)21-20-17(24)12-5-3-7-14(9-12)22(25)26/h3-11H,1-2H3,(H,20,24)(H2,19,21,23,28). The molecule has 0 spiro atoms. The van der Waals surface area contributed by atoms with E-state index in [1.807, 2.05) is 13.8 Å². The topological polar surface area (TPSA) is 123 Å². The summed E-state index contributed by atoms with van der Waals surface area (Å²) in [5, 5.41) is 13.0. The van der Waals surface area contributed by atoms with Crippen LogP contribution < -0.4 is 20.9 Å². The van der Waals surface area contributed by atoms with Gasteiger partial charge in [0.15, 0.2) is 5.11 Å². The molecule has 0 aromatic heterocycles.